The summed E-state index contributed by atoms with van der Waals surface area (Å²) in [6.45, 7) is 5.64. The van der Waals surface area contributed by atoms with Crippen molar-refractivity contribution in [1.82, 2.24) is 4.90 Å². The molecule has 1 aliphatic rings. The highest BCUT2D eigenvalue weighted by Gasteiger charge is 2.17. The van der Waals surface area contributed by atoms with Crippen molar-refractivity contribution in [3.05, 3.63) is 29.3 Å². The van der Waals surface area contributed by atoms with E-state index < -0.39 is 0 Å². The van der Waals surface area contributed by atoms with Crippen LogP contribution in [0.2, 0.25) is 5.02 Å². The van der Waals surface area contributed by atoms with Crippen LogP contribution in [0.4, 0.5) is 5.69 Å². The molecule has 0 spiro atoms. The van der Waals surface area contributed by atoms with Gasteiger partial charge in [0.25, 0.3) is 0 Å². The third-order valence-electron chi connectivity index (χ3n) is 3.53. The first-order valence-electron chi connectivity index (χ1n) is 6.50. The van der Waals surface area contributed by atoms with Gasteiger partial charge in [0, 0.05) is 19.1 Å². The number of hydrogen-bond donors (Lipinski definition) is 1. The van der Waals surface area contributed by atoms with E-state index in [2.05, 4.69) is 17.1 Å². The Labute approximate surface area is 109 Å². The standard InChI is InChI=1S/C14H21ClN2/c1-12-6-4-5-10-17(12)11-9-16-14-8-3-2-7-13(14)15/h2-3,7-8,12,16H,4-6,9-11H2,1H3. The monoisotopic (exact) mass is 252 g/mol. The van der Waals surface area contributed by atoms with Crippen molar-refractivity contribution >= 4 is 17.3 Å². The molecule has 1 atom stereocenters. The molecule has 0 radical (unpaired) electrons. The molecule has 2 nitrogen and oxygen atoms in total. The lowest BCUT2D eigenvalue weighted by molar-refractivity contribution is 0.167. The molecular weight excluding hydrogens is 232 g/mol. The van der Waals surface area contributed by atoms with Gasteiger partial charge in [-0.25, -0.2) is 0 Å². The lowest BCUT2D eigenvalue weighted by Crippen LogP contribution is -2.40. The molecule has 1 unspecified atom stereocenters. The summed E-state index contributed by atoms with van der Waals surface area (Å²) in [7, 11) is 0. The van der Waals surface area contributed by atoms with Gasteiger partial charge in [0.2, 0.25) is 0 Å². The van der Waals surface area contributed by atoms with E-state index in [-0.39, 0.29) is 0 Å². The van der Waals surface area contributed by atoms with Crippen LogP contribution in [0.1, 0.15) is 26.2 Å². The predicted octanol–water partition coefficient (Wildman–Crippen LogP) is 3.63. The minimum atomic E-state index is 0.733. The molecule has 1 saturated heterocycles. The summed E-state index contributed by atoms with van der Waals surface area (Å²) in [5, 5.41) is 4.21. The van der Waals surface area contributed by atoms with Crippen LogP contribution in [0.25, 0.3) is 0 Å². The highest BCUT2D eigenvalue weighted by Crippen LogP contribution is 2.20. The minimum Gasteiger partial charge on any atom is -0.383 e. The Bertz CT molecular complexity index is 354. The molecule has 1 aromatic rings. The zero-order valence-electron chi connectivity index (χ0n) is 10.5. The Morgan fingerprint density at radius 1 is 1.35 bits per heavy atom. The Morgan fingerprint density at radius 2 is 2.18 bits per heavy atom. The maximum Gasteiger partial charge on any atom is 0.0637 e. The number of rotatable bonds is 4. The average Bonchev–Trinajstić information content (AvgIpc) is 2.34. The molecule has 3 heteroatoms. The van der Waals surface area contributed by atoms with Crippen LogP contribution in [0.15, 0.2) is 24.3 Å². The number of anilines is 1. The molecule has 0 bridgehead atoms. The van der Waals surface area contributed by atoms with Crippen LogP contribution >= 0.6 is 11.6 Å². The normalized spacial score (nSPS) is 21.4. The third kappa shape index (κ3) is 3.62. The first-order chi connectivity index (χ1) is 8.27. The second kappa shape index (κ2) is 6.27. The van der Waals surface area contributed by atoms with Gasteiger partial charge in [0.15, 0.2) is 0 Å². The van der Waals surface area contributed by atoms with Gasteiger partial charge in [0.1, 0.15) is 0 Å². The first-order valence-corrected chi connectivity index (χ1v) is 6.87. The fourth-order valence-electron chi connectivity index (χ4n) is 2.43. The average molecular weight is 253 g/mol. The summed E-state index contributed by atoms with van der Waals surface area (Å²) in [6.07, 6.45) is 4.07. The van der Waals surface area contributed by atoms with Crippen LogP contribution in [0.5, 0.6) is 0 Å². The molecule has 94 valence electrons. The van der Waals surface area contributed by atoms with Gasteiger partial charge in [-0.2, -0.15) is 0 Å². The van der Waals surface area contributed by atoms with Gasteiger partial charge in [0.05, 0.1) is 10.7 Å². The van der Waals surface area contributed by atoms with Crippen LogP contribution < -0.4 is 5.32 Å². The topological polar surface area (TPSA) is 15.3 Å². The number of nitrogens with one attached hydrogen (secondary N) is 1. The quantitative estimate of drug-likeness (QED) is 0.881. The number of likely N-dealkylation sites (tertiary alicyclic amines) is 1. The second-order valence-electron chi connectivity index (χ2n) is 4.79. The van der Waals surface area contributed by atoms with Gasteiger partial charge in [-0.05, 0) is 38.4 Å². The largest absolute Gasteiger partial charge is 0.383 e. The van der Waals surface area contributed by atoms with E-state index in [0.717, 1.165) is 29.8 Å². The summed E-state index contributed by atoms with van der Waals surface area (Å²) in [5.41, 5.74) is 1.04. The number of nitrogens with zero attached hydrogens (tertiary/aromatic N) is 1. The fraction of sp³-hybridized carbons (Fsp3) is 0.571. The van der Waals surface area contributed by atoms with Gasteiger partial charge < -0.3 is 5.32 Å². The lowest BCUT2D eigenvalue weighted by atomic mass is 10.0. The number of piperidine rings is 1. The van der Waals surface area contributed by atoms with Crippen LogP contribution in [0.3, 0.4) is 0 Å². The van der Waals surface area contributed by atoms with Gasteiger partial charge >= 0.3 is 0 Å². The van der Waals surface area contributed by atoms with E-state index in [1.807, 2.05) is 24.3 Å². The van der Waals surface area contributed by atoms with E-state index >= 15 is 0 Å². The summed E-state index contributed by atoms with van der Waals surface area (Å²) in [4.78, 5) is 2.56. The van der Waals surface area contributed by atoms with Crippen molar-refractivity contribution in [2.45, 2.75) is 32.2 Å². The molecule has 2 rings (SSSR count). The lowest BCUT2D eigenvalue weighted by Gasteiger charge is -2.33. The molecule has 0 saturated carbocycles. The smallest absolute Gasteiger partial charge is 0.0637 e. The second-order valence-corrected chi connectivity index (χ2v) is 5.19. The van der Waals surface area contributed by atoms with Crippen LogP contribution in [-0.4, -0.2) is 30.6 Å². The Kier molecular flexibility index (Phi) is 4.69. The molecule has 1 N–H and O–H groups in total. The van der Waals surface area contributed by atoms with Crippen LogP contribution in [-0.2, 0) is 0 Å². The molecule has 1 fully saturated rings. The molecule has 0 amide bonds. The molecule has 0 aliphatic carbocycles. The van der Waals surface area contributed by atoms with Crippen molar-refractivity contribution in [2.75, 3.05) is 25.0 Å². The van der Waals surface area contributed by atoms with Crippen LogP contribution in [0, 0.1) is 0 Å². The highest BCUT2D eigenvalue weighted by atomic mass is 35.5. The maximum absolute atomic E-state index is 6.10. The Morgan fingerprint density at radius 3 is 2.94 bits per heavy atom. The van der Waals surface area contributed by atoms with E-state index in [1.54, 1.807) is 0 Å². The highest BCUT2D eigenvalue weighted by molar-refractivity contribution is 6.33. The summed E-state index contributed by atoms with van der Waals surface area (Å²) >= 11 is 6.10. The number of halogens is 1. The maximum atomic E-state index is 6.10. The first kappa shape index (κ1) is 12.7. The molecule has 1 aliphatic heterocycles. The fourth-order valence-corrected chi connectivity index (χ4v) is 2.63. The molecular formula is C14H21ClN2. The van der Waals surface area contributed by atoms with E-state index in [0.29, 0.717) is 0 Å². The minimum absolute atomic E-state index is 0.733. The molecule has 1 heterocycles. The van der Waals surface area contributed by atoms with Crippen molar-refractivity contribution in [1.29, 1.82) is 0 Å². The SMILES string of the molecule is CC1CCCCN1CCNc1ccccc1Cl. The summed E-state index contributed by atoms with van der Waals surface area (Å²) < 4.78 is 0. The zero-order valence-corrected chi connectivity index (χ0v) is 11.2. The van der Waals surface area contributed by atoms with E-state index in [1.165, 1.54) is 25.8 Å². The number of hydrogen-bond acceptors (Lipinski definition) is 2. The summed E-state index contributed by atoms with van der Waals surface area (Å²) in [6, 6.07) is 8.66. The molecule has 1 aromatic carbocycles. The van der Waals surface area contributed by atoms with E-state index in [4.69, 9.17) is 11.6 Å². The van der Waals surface area contributed by atoms with Gasteiger partial charge in [-0.15, -0.1) is 0 Å². The number of para-hydroxylation sites is 1. The van der Waals surface area contributed by atoms with E-state index in [9.17, 15) is 0 Å². The van der Waals surface area contributed by atoms with Gasteiger partial charge in [-0.1, -0.05) is 30.2 Å². The Balaban J connectivity index is 1.77. The van der Waals surface area contributed by atoms with Crippen molar-refractivity contribution in [3.8, 4) is 0 Å². The van der Waals surface area contributed by atoms with Crippen molar-refractivity contribution < 1.29 is 0 Å². The Hall–Kier alpha value is -0.730. The zero-order chi connectivity index (χ0) is 12.1. The molecule has 17 heavy (non-hydrogen) atoms. The van der Waals surface area contributed by atoms with Crippen molar-refractivity contribution in [2.24, 2.45) is 0 Å². The summed E-state index contributed by atoms with van der Waals surface area (Å²) in [5.74, 6) is 0. The number of benzene rings is 1. The predicted molar refractivity (Wildman–Crippen MR) is 74.8 cm³/mol. The van der Waals surface area contributed by atoms with Gasteiger partial charge in [-0.3, -0.25) is 4.90 Å². The third-order valence-corrected chi connectivity index (χ3v) is 3.86. The van der Waals surface area contributed by atoms with Crippen molar-refractivity contribution in [3.63, 3.8) is 0 Å². The molecule has 0 aromatic heterocycles.